The van der Waals surface area contributed by atoms with Gasteiger partial charge in [0.25, 0.3) is 5.56 Å². The normalized spacial score (nSPS) is 10.9. The van der Waals surface area contributed by atoms with Gasteiger partial charge in [0.1, 0.15) is 0 Å². The molecule has 0 bridgehead atoms. The lowest BCUT2D eigenvalue weighted by atomic mass is 10.2. The second-order valence-electron chi connectivity index (χ2n) is 4.48. The molecule has 0 aliphatic carbocycles. The number of nitrogens with one attached hydrogen (secondary N) is 1. The molecular formula is C14H12N4O2S. The van der Waals surface area contributed by atoms with Crippen LogP contribution in [0, 0.1) is 6.92 Å². The average Bonchev–Trinajstić information content (AvgIpc) is 2.89. The van der Waals surface area contributed by atoms with Gasteiger partial charge in [-0.25, -0.2) is 14.5 Å². The van der Waals surface area contributed by atoms with Crippen molar-refractivity contribution in [2.75, 3.05) is 5.75 Å². The Bertz CT molecular complexity index is 854. The van der Waals surface area contributed by atoms with Gasteiger partial charge in [-0.2, -0.15) is 0 Å². The smallest absolute Gasteiger partial charge is 0.261 e. The van der Waals surface area contributed by atoms with Crippen LogP contribution in [0.5, 0.6) is 0 Å². The molecule has 21 heavy (non-hydrogen) atoms. The molecular weight excluding hydrogens is 288 g/mol. The van der Waals surface area contributed by atoms with Gasteiger partial charge in [0.05, 0.1) is 5.75 Å². The van der Waals surface area contributed by atoms with Crippen LogP contribution in [-0.4, -0.2) is 31.1 Å². The molecule has 0 aliphatic rings. The lowest BCUT2D eigenvalue weighted by Gasteiger charge is -2.00. The van der Waals surface area contributed by atoms with Gasteiger partial charge >= 0.3 is 0 Å². The van der Waals surface area contributed by atoms with Crippen LogP contribution in [0.4, 0.5) is 0 Å². The van der Waals surface area contributed by atoms with Gasteiger partial charge in [0.2, 0.25) is 5.78 Å². The number of hydrogen-bond acceptors (Lipinski definition) is 5. The van der Waals surface area contributed by atoms with Crippen LogP contribution >= 0.6 is 11.8 Å². The van der Waals surface area contributed by atoms with Crippen molar-refractivity contribution in [1.29, 1.82) is 0 Å². The Hall–Kier alpha value is -2.41. The van der Waals surface area contributed by atoms with E-state index in [1.165, 1.54) is 22.2 Å². The molecule has 3 aromatic rings. The van der Waals surface area contributed by atoms with Crippen molar-refractivity contribution in [3.63, 3.8) is 0 Å². The first-order chi connectivity index (χ1) is 10.1. The summed E-state index contributed by atoms with van der Waals surface area (Å²) in [6.07, 6.45) is 0. The number of ketones is 1. The first kappa shape index (κ1) is 13.6. The summed E-state index contributed by atoms with van der Waals surface area (Å²) in [5.41, 5.74) is 1.06. The maximum atomic E-state index is 12.1. The Kier molecular flexibility index (Phi) is 3.57. The Morgan fingerprint density at radius 1 is 1.33 bits per heavy atom. The predicted molar refractivity (Wildman–Crippen MR) is 79.8 cm³/mol. The topological polar surface area (TPSA) is 80.1 Å². The van der Waals surface area contributed by atoms with Crippen LogP contribution in [0.25, 0.3) is 5.78 Å². The van der Waals surface area contributed by atoms with Crippen molar-refractivity contribution in [2.24, 2.45) is 0 Å². The molecule has 0 saturated heterocycles. The van der Waals surface area contributed by atoms with E-state index in [1.54, 1.807) is 19.1 Å². The predicted octanol–water partition coefficient (Wildman–Crippen LogP) is 1.70. The van der Waals surface area contributed by atoms with Crippen LogP contribution in [0.3, 0.4) is 0 Å². The number of benzene rings is 1. The molecule has 2 aromatic heterocycles. The van der Waals surface area contributed by atoms with Crippen molar-refractivity contribution in [3.8, 4) is 0 Å². The largest absolute Gasteiger partial charge is 0.293 e. The molecule has 0 fully saturated rings. The fraction of sp³-hybridized carbons (Fsp3) is 0.143. The number of carbonyl (C=O) groups excluding carboxylic acids is 1. The van der Waals surface area contributed by atoms with Gasteiger partial charge in [-0.15, -0.1) is 5.10 Å². The van der Waals surface area contributed by atoms with Crippen LogP contribution < -0.4 is 5.56 Å². The second kappa shape index (κ2) is 5.53. The second-order valence-corrected chi connectivity index (χ2v) is 5.42. The summed E-state index contributed by atoms with van der Waals surface area (Å²) in [4.78, 5) is 28.2. The summed E-state index contributed by atoms with van der Waals surface area (Å²) in [6, 6.07) is 10.5. The zero-order valence-electron chi connectivity index (χ0n) is 11.2. The minimum atomic E-state index is -0.207. The number of Topliss-reactive ketones (excluding diaryl/α,β-unsaturated/α-hetero) is 1. The van der Waals surface area contributed by atoms with Gasteiger partial charge in [-0.1, -0.05) is 42.1 Å². The molecule has 0 atom stereocenters. The first-order valence-electron chi connectivity index (χ1n) is 6.31. The first-order valence-corrected chi connectivity index (χ1v) is 7.29. The lowest BCUT2D eigenvalue weighted by Crippen LogP contribution is -2.14. The number of H-pyrrole nitrogens is 1. The molecule has 3 rings (SSSR count). The van der Waals surface area contributed by atoms with Gasteiger partial charge < -0.3 is 0 Å². The summed E-state index contributed by atoms with van der Waals surface area (Å²) in [5.74, 6) is 0.587. The molecule has 1 aromatic carbocycles. The number of fused-ring (bicyclic) bond motifs is 1. The van der Waals surface area contributed by atoms with Gasteiger partial charge in [0.15, 0.2) is 10.9 Å². The summed E-state index contributed by atoms with van der Waals surface area (Å²) in [5, 5.41) is 7.19. The third kappa shape index (κ3) is 2.73. The molecule has 7 heteroatoms. The van der Waals surface area contributed by atoms with Crippen molar-refractivity contribution in [3.05, 3.63) is 58.0 Å². The highest BCUT2D eigenvalue weighted by molar-refractivity contribution is 7.99. The molecule has 0 unspecified atom stereocenters. The fourth-order valence-electron chi connectivity index (χ4n) is 1.94. The van der Waals surface area contributed by atoms with E-state index < -0.39 is 0 Å². The standard InChI is InChI=1S/C14H12N4O2S/c1-9-7-12(20)18-13(15-9)16-17-14(18)21-8-11(19)10-5-3-2-4-6-10/h2-7H,8H2,1H3,(H,15,16). The molecule has 1 N–H and O–H groups in total. The monoisotopic (exact) mass is 300 g/mol. The number of carbonyl (C=O) groups is 1. The van der Waals surface area contributed by atoms with Gasteiger partial charge in [-0.3, -0.25) is 9.59 Å². The number of hydrogen-bond donors (Lipinski definition) is 1. The van der Waals surface area contributed by atoms with Crippen molar-refractivity contribution >= 4 is 23.3 Å². The molecule has 0 aliphatic heterocycles. The van der Waals surface area contributed by atoms with E-state index in [1.807, 2.05) is 18.2 Å². The summed E-state index contributed by atoms with van der Waals surface area (Å²) in [6.45, 7) is 1.74. The zero-order valence-corrected chi connectivity index (χ0v) is 12.1. The fourth-order valence-corrected chi connectivity index (χ4v) is 2.78. The minimum absolute atomic E-state index is 0.00938. The molecule has 106 valence electrons. The number of aromatic nitrogens is 4. The minimum Gasteiger partial charge on any atom is -0.293 e. The van der Waals surface area contributed by atoms with Crippen LogP contribution in [0.2, 0.25) is 0 Å². The highest BCUT2D eigenvalue weighted by Gasteiger charge is 2.12. The molecule has 2 heterocycles. The van der Waals surface area contributed by atoms with Crippen LogP contribution in [0.1, 0.15) is 16.1 Å². The number of rotatable bonds is 4. The van der Waals surface area contributed by atoms with Crippen molar-refractivity contribution in [2.45, 2.75) is 12.1 Å². The summed E-state index contributed by atoms with van der Waals surface area (Å²) in [7, 11) is 0. The number of aromatic amines is 1. The van der Waals surface area contributed by atoms with Crippen molar-refractivity contribution in [1.82, 2.24) is 19.6 Å². The summed E-state index contributed by atoms with van der Waals surface area (Å²) < 4.78 is 1.37. The summed E-state index contributed by atoms with van der Waals surface area (Å²) >= 11 is 1.21. The van der Waals surface area contributed by atoms with E-state index in [4.69, 9.17) is 0 Å². The quantitative estimate of drug-likeness (QED) is 0.586. The molecule has 0 amide bonds. The highest BCUT2D eigenvalue weighted by Crippen LogP contribution is 2.16. The molecule has 0 spiro atoms. The number of thioether (sulfide) groups is 1. The Morgan fingerprint density at radius 3 is 2.86 bits per heavy atom. The average molecular weight is 300 g/mol. The van der Waals surface area contributed by atoms with E-state index >= 15 is 0 Å². The zero-order chi connectivity index (χ0) is 14.8. The van der Waals surface area contributed by atoms with E-state index in [9.17, 15) is 9.59 Å². The Balaban J connectivity index is 1.83. The number of aryl methyl sites for hydroxylation is 1. The molecule has 0 radical (unpaired) electrons. The molecule has 0 saturated carbocycles. The lowest BCUT2D eigenvalue weighted by molar-refractivity contribution is 0.102. The van der Waals surface area contributed by atoms with Gasteiger partial charge in [-0.05, 0) is 6.92 Å². The van der Waals surface area contributed by atoms with E-state index in [2.05, 4.69) is 15.2 Å². The molecule has 6 nitrogen and oxygen atoms in total. The van der Waals surface area contributed by atoms with Crippen LogP contribution in [0.15, 0.2) is 46.3 Å². The third-order valence-corrected chi connectivity index (χ3v) is 3.86. The van der Waals surface area contributed by atoms with E-state index in [0.29, 0.717) is 22.2 Å². The Morgan fingerprint density at radius 2 is 2.10 bits per heavy atom. The maximum absolute atomic E-state index is 12.1. The van der Waals surface area contributed by atoms with Gasteiger partial charge in [0, 0.05) is 17.3 Å². The van der Waals surface area contributed by atoms with E-state index in [0.717, 1.165) is 0 Å². The van der Waals surface area contributed by atoms with E-state index in [-0.39, 0.29) is 17.1 Å². The third-order valence-electron chi connectivity index (χ3n) is 2.92. The number of nitrogens with zero attached hydrogens (tertiary/aromatic N) is 3. The highest BCUT2D eigenvalue weighted by atomic mass is 32.2. The van der Waals surface area contributed by atoms with Crippen LogP contribution in [-0.2, 0) is 0 Å². The maximum Gasteiger partial charge on any atom is 0.261 e. The van der Waals surface area contributed by atoms with Crippen molar-refractivity contribution < 1.29 is 4.79 Å². The SMILES string of the molecule is Cc1cc(=O)n2c(SCC(=O)c3ccccc3)n[nH]c2n1. The Labute approximate surface area is 124 Å².